The summed E-state index contributed by atoms with van der Waals surface area (Å²) < 4.78 is 0. The second-order valence-corrected chi connectivity index (χ2v) is 6.40. The molecule has 2 N–H and O–H groups in total. The highest BCUT2D eigenvalue weighted by Gasteiger charge is 2.23. The second kappa shape index (κ2) is 10.5. The van der Waals surface area contributed by atoms with Gasteiger partial charge in [-0.15, -0.1) is 24.0 Å². The summed E-state index contributed by atoms with van der Waals surface area (Å²) in [6.45, 7) is 1.62. The number of amides is 1. The number of rotatable bonds is 5. The molecule has 0 fully saturated rings. The topological polar surface area (TPSA) is 69.6 Å². The Morgan fingerprint density at radius 2 is 2.07 bits per heavy atom. The second-order valence-electron chi connectivity index (χ2n) is 6.02. The molecule has 1 aliphatic heterocycles. The molecule has 144 valence electrons. The van der Waals surface area contributed by atoms with Gasteiger partial charge in [-0.3, -0.25) is 9.79 Å². The summed E-state index contributed by atoms with van der Waals surface area (Å²) in [4.78, 5) is 22.6. The average Bonchev–Trinajstić information content (AvgIpc) is 3.10. The number of nitrogens with one attached hydrogen (secondary N) is 2. The fourth-order valence-corrected chi connectivity index (χ4v) is 3.06. The summed E-state index contributed by atoms with van der Waals surface area (Å²) in [7, 11) is 1.69. The van der Waals surface area contributed by atoms with Gasteiger partial charge < -0.3 is 15.5 Å². The zero-order valence-corrected chi connectivity index (χ0v) is 18.2. The molecule has 0 bridgehead atoms. The first-order valence-electron chi connectivity index (χ1n) is 8.60. The van der Waals surface area contributed by atoms with Gasteiger partial charge in [-0.25, -0.2) is 4.98 Å². The van der Waals surface area contributed by atoms with Gasteiger partial charge in [0.25, 0.3) is 0 Å². The molecule has 6 nitrogen and oxygen atoms in total. The van der Waals surface area contributed by atoms with E-state index in [0.29, 0.717) is 17.7 Å². The van der Waals surface area contributed by atoms with E-state index in [0.717, 1.165) is 30.6 Å². The maximum Gasteiger partial charge on any atom is 0.246 e. The number of fused-ring (bicyclic) bond motifs is 1. The van der Waals surface area contributed by atoms with Crippen molar-refractivity contribution in [2.24, 2.45) is 4.99 Å². The van der Waals surface area contributed by atoms with Crippen molar-refractivity contribution in [3.05, 3.63) is 58.9 Å². The van der Waals surface area contributed by atoms with Crippen LogP contribution >= 0.6 is 35.6 Å². The van der Waals surface area contributed by atoms with Gasteiger partial charge >= 0.3 is 0 Å². The lowest BCUT2D eigenvalue weighted by Gasteiger charge is -2.18. The third kappa shape index (κ3) is 5.80. The lowest BCUT2D eigenvalue weighted by atomic mass is 10.2. The van der Waals surface area contributed by atoms with E-state index >= 15 is 0 Å². The normalized spacial score (nSPS) is 13.0. The molecule has 0 saturated heterocycles. The number of anilines is 1. The SMILES string of the molecule is CN=C(NCCc1ccc(Cl)nc1)NCC(=O)N1CCc2ccccc21.I. The number of pyridine rings is 1. The zero-order valence-electron chi connectivity index (χ0n) is 15.1. The van der Waals surface area contributed by atoms with Crippen molar-refractivity contribution in [3.8, 4) is 0 Å². The Hall–Kier alpha value is -1.87. The van der Waals surface area contributed by atoms with Crippen LogP contribution in [0.1, 0.15) is 11.1 Å². The molecule has 27 heavy (non-hydrogen) atoms. The molecule has 0 spiro atoms. The van der Waals surface area contributed by atoms with Crippen LogP contribution < -0.4 is 15.5 Å². The molecule has 2 aromatic rings. The van der Waals surface area contributed by atoms with Crippen LogP contribution in [0.25, 0.3) is 0 Å². The molecule has 8 heteroatoms. The van der Waals surface area contributed by atoms with Crippen LogP contribution in [0, 0.1) is 0 Å². The number of hydrogen-bond donors (Lipinski definition) is 2. The fourth-order valence-electron chi connectivity index (χ4n) is 2.95. The van der Waals surface area contributed by atoms with Crippen molar-refractivity contribution in [1.82, 2.24) is 15.6 Å². The molecule has 0 unspecified atom stereocenters. The molecular formula is C19H23ClIN5O. The fraction of sp³-hybridized carbons (Fsp3) is 0.316. The van der Waals surface area contributed by atoms with Gasteiger partial charge in [-0.05, 0) is 36.1 Å². The van der Waals surface area contributed by atoms with Crippen LogP contribution in [0.2, 0.25) is 5.15 Å². The number of aromatic nitrogens is 1. The standard InChI is InChI=1S/C19H22ClN5O.HI/c1-21-19(22-10-8-14-6-7-17(20)23-12-14)24-13-18(26)25-11-9-15-4-2-3-5-16(15)25;/h2-7,12H,8-11,13H2,1H3,(H2,21,22,24);1H. The maximum absolute atomic E-state index is 12.5. The summed E-state index contributed by atoms with van der Waals surface area (Å²) >= 11 is 5.78. The van der Waals surface area contributed by atoms with Gasteiger partial charge in [-0.1, -0.05) is 35.9 Å². The van der Waals surface area contributed by atoms with E-state index in [-0.39, 0.29) is 36.4 Å². The quantitative estimate of drug-likeness (QED) is 0.287. The highest BCUT2D eigenvalue weighted by molar-refractivity contribution is 14.0. The summed E-state index contributed by atoms with van der Waals surface area (Å²) in [5.41, 5.74) is 3.32. The smallest absolute Gasteiger partial charge is 0.246 e. The molecule has 0 atom stereocenters. The first-order valence-corrected chi connectivity index (χ1v) is 8.98. The Morgan fingerprint density at radius 3 is 2.81 bits per heavy atom. The summed E-state index contributed by atoms with van der Waals surface area (Å²) in [5, 5.41) is 6.78. The molecule has 0 radical (unpaired) electrons. The van der Waals surface area contributed by atoms with Crippen LogP contribution in [-0.4, -0.2) is 43.5 Å². The van der Waals surface area contributed by atoms with Gasteiger partial charge in [0.2, 0.25) is 5.91 Å². The van der Waals surface area contributed by atoms with Gasteiger partial charge in [-0.2, -0.15) is 0 Å². The number of guanidine groups is 1. The molecular weight excluding hydrogens is 477 g/mol. The Balaban J connectivity index is 0.00000261. The predicted molar refractivity (Wildman–Crippen MR) is 120 cm³/mol. The maximum atomic E-state index is 12.5. The Morgan fingerprint density at radius 1 is 1.26 bits per heavy atom. The molecule has 0 aliphatic carbocycles. The highest BCUT2D eigenvalue weighted by atomic mass is 127. The molecule has 2 heterocycles. The average molecular weight is 500 g/mol. The number of hydrogen-bond acceptors (Lipinski definition) is 3. The molecule has 1 amide bonds. The van der Waals surface area contributed by atoms with Crippen molar-refractivity contribution >= 4 is 53.1 Å². The van der Waals surface area contributed by atoms with Crippen LogP contribution in [0.15, 0.2) is 47.6 Å². The molecule has 1 aliphatic rings. The Labute approximate surface area is 181 Å². The molecule has 1 aromatic carbocycles. The number of carbonyl (C=O) groups is 1. The van der Waals surface area contributed by atoms with Crippen LogP contribution in [-0.2, 0) is 17.6 Å². The van der Waals surface area contributed by atoms with Crippen LogP contribution in [0.3, 0.4) is 0 Å². The summed E-state index contributed by atoms with van der Waals surface area (Å²) in [6, 6.07) is 11.8. The van der Waals surface area contributed by atoms with Crippen LogP contribution in [0.4, 0.5) is 5.69 Å². The van der Waals surface area contributed by atoms with E-state index < -0.39 is 0 Å². The molecule has 3 rings (SSSR count). The molecule has 0 saturated carbocycles. The first kappa shape index (κ1) is 21.4. The largest absolute Gasteiger partial charge is 0.356 e. The summed E-state index contributed by atoms with van der Waals surface area (Å²) in [5.74, 6) is 0.646. The predicted octanol–water partition coefficient (Wildman–Crippen LogP) is 2.65. The van der Waals surface area contributed by atoms with E-state index in [1.807, 2.05) is 29.2 Å². The number of nitrogens with zero attached hydrogens (tertiary/aromatic N) is 3. The Kier molecular flexibility index (Phi) is 8.30. The van der Waals surface area contributed by atoms with E-state index in [4.69, 9.17) is 11.6 Å². The lowest BCUT2D eigenvalue weighted by Crippen LogP contribution is -2.44. The number of benzene rings is 1. The minimum absolute atomic E-state index is 0. The summed E-state index contributed by atoms with van der Waals surface area (Å²) in [6.07, 6.45) is 3.46. The minimum atomic E-state index is 0. The van der Waals surface area contributed by atoms with Gasteiger partial charge in [0.1, 0.15) is 5.15 Å². The van der Waals surface area contributed by atoms with Gasteiger partial charge in [0.15, 0.2) is 5.96 Å². The van der Waals surface area contributed by atoms with Crippen molar-refractivity contribution in [2.75, 3.05) is 31.6 Å². The monoisotopic (exact) mass is 499 g/mol. The van der Waals surface area contributed by atoms with Crippen molar-refractivity contribution in [3.63, 3.8) is 0 Å². The van der Waals surface area contributed by atoms with E-state index in [2.05, 4.69) is 26.7 Å². The van der Waals surface area contributed by atoms with E-state index in [1.54, 1.807) is 19.3 Å². The van der Waals surface area contributed by atoms with Crippen LogP contribution in [0.5, 0.6) is 0 Å². The van der Waals surface area contributed by atoms with Crippen molar-refractivity contribution in [1.29, 1.82) is 0 Å². The number of halogens is 2. The van der Waals surface area contributed by atoms with Gasteiger partial charge in [0, 0.05) is 32.0 Å². The Bertz CT molecular complexity index is 797. The minimum Gasteiger partial charge on any atom is -0.356 e. The van der Waals surface area contributed by atoms with Crippen molar-refractivity contribution in [2.45, 2.75) is 12.8 Å². The third-order valence-electron chi connectivity index (χ3n) is 4.31. The van der Waals surface area contributed by atoms with E-state index in [9.17, 15) is 4.79 Å². The number of aliphatic imine (C=N–C) groups is 1. The zero-order chi connectivity index (χ0) is 18.4. The highest BCUT2D eigenvalue weighted by Crippen LogP contribution is 2.27. The number of para-hydroxylation sites is 1. The third-order valence-corrected chi connectivity index (χ3v) is 4.54. The number of carbonyl (C=O) groups excluding carboxylic acids is 1. The lowest BCUT2D eigenvalue weighted by molar-refractivity contribution is -0.117. The van der Waals surface area contributed by atoms with Crippen molar-refractivity contribution < 1.29 is 4.79 Å². The molecule has 1 aromatic heterocycles. The van der Waals surface area contributed by atoms with E-state index in [1.165, 1.54) is 5.56 Å². The first-order chi connectivity index (χ1) is 12.7. The van der Waals surface area contributed by atoms with Gasteiger partial charge in [0.05, 0.1) is 6.54 Å².